The minimum atomic E-state index is -1.20. The van der Waals surface area contributed by atoms with Gasteiger partial charge < -0.3 is 19.9 Å². The number of carbonyl (C=O) groups is 2. The lowest BCUT2D eigenvalue weighted by molar-refractivity contribution is -0.140. The van der Waals surface area contributed by atoms with Crippen molar-refractivity contribution in [1.82, 2.24) is 10.3 Å². The predicted molar refractivity (Wildman–Crippen MR) is 108 cm³/mol. The molecule has 0 aliphatic heterocycles. The van der Waals surface area contributed by atoms with Gasteiger partial charge in [0.2, 0.25) is 0 Å². The fourth-order valence-corrected chi connectivity index (χ4v) is 3.56. The van der Waals surface area contributed by atoms with Gasteiger partial charge in [-0.05, 0) is 30.0 Å². The molecule has 154 valence electrons. The molecule has 1 fully saturated rings. The van der Waals surface area contributed by atoms with E-state index in [1.54, 1.807) is 6.07 Å². The number of hydrogen-bond donors (Lipinski definition) is 2. The number of methoxy groups -OCH3 is 1. The summed E-state index contributed by atoms with van der Waals surface area (Å²) in [6, 6.07) is 8.98. The highest BCUT2D eigenvalue weighted by Crippen LogP contribution is 2.46. The van der Waals surface area contributed by atoms with E-state index in [0.29, 0.717) is 36.6 Å². The second kappa shape index (κ2) is 8.69. The van der Waals surface area contributed by atoms with Gasteiger partial charge in [0, 0.05) is 23.7 Å². The second-order valence-corrected chi connectivity index (χ2v) is 7.44. The number of benzene rings is 1. The molecule has 0 bridgehead atoms. The SMILES string of the molecule is CC[C@@H]1C[C@]1(NC(=O)c1cnc(OC)c(OCCc2cccc(Cl)c2)c1)C(=O)O. The smallest absolute Gasteiger partial charge is 0.329 e. The van der Waals surface area contributed by atoms with Crippen molar-refractivity contribution in [2.75, 3.05) is 13.7 Å². The molecule has 7 nitrogen and oxygen atoms in total. The Kier molecular flexibility index (Phi) is 6.27. The summed E-state index contributed by atoms with van der Waals surface area (Å²) in [7, 11) is 1.46. The number of pyridine rings is 1. The van der Waals surface area contributed by atoms with Gasteiger partial charge in [0.1, 0.15) is 5.54 Å². The van der Waals surface area contributed by atoms with E-state index in [0.717, 1.165) is 5.56 Å². The van der Waals surface area contributed by atoms with E-state index in [-0.39, 0.29) is 17.4 Å². The van der Waals surface area contributed by atoms with Crippen LogP contribution in [0, 0.1) is 5.92 Å². The minimum absolute atomic E-state index is 0.0661. The summed E-state index contributed by atoms with van der Waals surface area (Å²) < 4.78 is 11.0. The van der Waals surface area contributed by atoms with E-state index >= 15 is 0 Å². The molecule has 0 radical (unpaired) electrons. The summed E-state index contributed by atoms with van der Waals surface area (Å²) in [6.07, 6.45) is 3.07. The highest BCUT2D eigenvalue weighted by atomic mass is 35.5. The number of halogens is 1. The number of amides is 1. The molecule has 2 aromatic rings. The minimum Gasteiger partial charge on any atom is -0.488 e. The molecule has 2 atom stereocenters. The van der Waals surface area contributed by atoms with E-state index in [2.05, 4.69) is 10.3 Å². The van der Waals surface area contributed by atoms with Gasteiger partial charge in [-0.15, -0.1) is 0 Å². The zero-order valence-corrected chi connectivity index (χ0v) is 17.0. The first-order chi connectivity index (χ1) is 13.9. The van der Waals surface area contributed by atoms with Gasteiger partial charge >= 0.3 is 5.97 Å². The van der Waals surface area contributed by atoms with Crippen LogP contribution in [-0.2, 0) is 11.2 Å². The Morgan fingerprint density at radius 1 is 1.38 bits per heavy atom. The first kappa shape index (κ1) is 20.9. The first-order valence-corrected chi connectivity index (χ1v) is 9.74. The Morgan fingerprint density at radius 3 is 2.79 bits per heavy atom. The molecular formula is C21H23ClN2O5. The second-order valence-electron chi connectivity index (χ2n) is 7.00. The van der Waals surface area contributed by atoms with Crippen LogP contribution in [0.4, 0.5) is 0 Å². The molecule has 1 aromatic heterocycles. The van der Waals surface area contributed by atoms with Gasteiger partial charge in [-0.25, -0.2) is 9.78 Å². The lowest BCUT2D eigenvalue weighted by Crippen LogP contribution is -2.45. The van der Waals surface area contributed by atoms with Gasteiger partial charge in [0.25, 0.3) is 11.8 Å². The van der Waals surface area contributed by atoms with Crippen molar-refractivity contribution < 1.29 is 24.2 Å². The molecule has 1 aromatic carbocycles. The van der Waals surface area contributed by atoms with E-state index < -0.39 is 17.4 Å². The van der Waals surface area contributed by atoms with Crippen LogP contribution in [0.3, 0.4) is 0 Å². The predicted octanol–water partition coefficient (Wildman–Crippen LogP) is 3.35. The molecule has 3 rings (SSSR count). The van der Waals surface area contributed by atoms with Crippen LogP contribution in [0.15, 0.2) is 36.5 Å². The van der Waals surface area contributed by atoms with Crippen molar-refractivity contribution in [2.24, 2.45) is 5.92 Å². The molecule has 2 N–H and O–H groups in total. The summed E-state index contributed by atoms with van der Waals surface area (Å²) >= 11 is 5.99. The topological polar surface area (TPSA) is 97.8 Å². The summed E-state index contributed by atoms with van der Waals surface area (Å²) in [6.45, 7) is 2.24. The van der Waals surface area contributed by atoms with Crippen LogP contribution in [0.2, 0.25) is 5.02 Å². The highest BCUT2D eigenvalue weighted by Gasteiger charge is 2.60. The highest BCUT2D eigenvalue weighted by molar-refractivity contribution is 6.30. The van der Waals surface area contributed by atoms with Crippen LogP contribution in [0.25, 0.3) is 0 Å². The molecule has 0 spiro atoms. The van der Waals surface area contributed by atoms with Crippen molar-refractivity contribution >= 4 is 23.5 Å². The van der Waals surface area contributed by atoms with E-state index in [4.69, 9.17) is 21.1 Å². The number of nitrogens with one attached hydrogen (secondary N) is 1. The average Bonchev–Trinajstić information content (AvgIpc) is 3.42. The zero-order chi connectivity index (χ0) is 21.0. The number of carboxylic acids is 1. The standard InChI is InChI=1S/C21H23ClN2O5/c1-3-15-11-21(15,20(26)27)24-18(25)14-10-17(19(28-2)23-12-14)29-8-7-13-5-4-6-16(22)9-13/h4-6,9-10,12,15H,3,7-8,11H2,1-2H3,(H,24,25)(H,26,27)/t15-,21-/m1/s1. The number of hydrogen-bond acceptors (Lipinski definition) is 5. The molecule has 8 heteroatoms. The van der Waals surface area contributed by atoms with E-state index in [9.17, 15) is 14.7 Å². The van der Waals surface area contributed by atoms with Crippen LogP contribution in [-0.4, -0.2) is 41.2 Å². The largest absolute Gasteiger partial charge is 0.488 e. The van der Waals surface area contributed by atoms with Gasteiger partial charge in [-0.2, -0.15) is 0 Å². The van der Waals surface area contributed by atoms with Crippen LogP contribution in [0.1, 0.15) is 35.7 Å². The maximum atomic E-state index is 12.6. The number of aliphatic carboxylic acids is 1. The third-order valence-corrected chi connectivity index (χ3v) is 5.36. The number of ether oxygens (including phenoxy) is 2. The van der Waals surface area contributed by atoms with E-state index in [1.807, 2.05) is 25.1 Å². The summed E-state index contributed by atoms with van der Waals surface area (Å²) in [5, 5.41) is 12.8. The zero-order valence-electron chi connectivity index (χ0n) is 16.3. The molecule has 1 amide bonds. The molecule has 0 unspecified atom stereocenters. The van der Waals surface area contributed by atoms with Crippen LogP contribution >= 0.6 is 11.6 Å². The number of carbonyl (C=O) groups excluding carboxylic acids is 1. The van der Waals surface area contributed by atoms with Crippen LogP contribution in [0.5, 0.6) is 11.6 Å². The third kappa shape index (κ3) is 4.62. The molecular weight excluding hydrogens is 396 g/mol. The van der Waals surface area contributed by atoms with Gasteiger partial charge in [-0.3, -0.25) is 4.79 Å². The molecule has 1 heterocycles. The Balaban J connectivity index is 1.69. The van der Waals surface area contributed by atoms with Crippen molar-refractivity contribution in [1.29, 1.82) is 0 Å². The quantitative estimate of drug-likeness (QED) is 0.648. The summed E-state index contributed by atoms with van der Waals surface area (Å²) in [5.41, 5.74) is 0.0336. The molecule has 1 saturated carbocycles. The number of carboxylic acid groups (broad SMARTS) is 1. The maximum Gasteiger partial charge on any atom is 0.329 e. The molecule has 0 saturated heterocycles. The number of rotatable bonds is 9. The molecule has 1 aliphatic rings. The molecule has 29 heavy (non-hydrogen) atoms. The van der Waals surface area contributed by atoms with Crippen molar-refractivity contribution in [3.05, 3.63) is 52.7 Å². The van der Waals surface area contributed by atoms with E-state index in [1.165, 1.54) is 19.4 Å². The monoisotopic (exact) mass is 418 g/mol. The van der Waals surface area contributed by atoms with Crippen molar-refractivity contribution in [2.45, 2.75) is 31.7 Å². The van der Waals surface area contributed by atoms with Gasteiger partial charge in [0.05, 0.1) is 19.3 Å². The van der Waals surface area contributed by atoms with Gasteiger partial charge in [0.15, 0.2) is 5.75 Å². The Morgan fingerprint density at radius 2 is 2.17 bits per heavy atom. The molecule has 1 aliphatic carbocycles. The number of aromatic nitrogens is 1. The maximum absolute atomic E-state index is 12.6. The summed E-state index contributed by atoms with van der Waals surface area (Å²) in [4.78, 5) is 28.3. The Bertz CT molecular complexity index is 920. The Labute approximate surface area is 174 Å². The van der Waals surface area contributed by atoms with Crippen molar-refractivity contribution in [3.63, 3.8) is 0 Å². The average molecular weight is 419 g/mol. The van der Waals surface area contributed by atoms with Gasteiger partial charge in [-0.1, -0.05) is 37.1 Å². The fraction of sp³-hybridized carbons (Fsp3) is 0.381. The lowest BCUT2D eigenvalue weighted by Gasteiger charge is -2.16. The van der Waals surface area contributed by atoms with Crippen molar-refractivity contribution in [3.8, 4) is 11.6 Å². The first-order valence-electron chi connectivity index (χ1n) is 9.36. The Hall–Kier alpha value is -2.80. The van der Waals surface area contributed by atoms with Crippen LogP contribution < -0.4 is 14.8 Å². The fourth-order valence-electron chi connectivity index (χ4n) is 3.35. The summed E-state index contributed by atoms with van der Waals surface area (Å²) in [5.74, 6) is -1.02. The lowest BCUT2D eigenvalue weighted by atomic mass is 10.1. The normalized spacial score (nSPS) is 20.0. The third-order valence-electron chi connectivity index (χ3n) is 5.13. The number of nitrogens with zero attached hydrogens (tertiary/aromatic N) is 1.